The molecule has 21 heavy (non-hydrogen) atoms. The van der Waals surface area contributed by atoms with Crippen LogP contribution in [0.2, 0.25) is 0 Å². The van der Waals surface area contributed by atoms with Crippen molar-refractivity contribution in [2.75, 3.05) is 18.8 Å². The first-order chi connectivity index (χ1) is 9.81. The van der Waals surface area contributed by atoms with E-state index >= 15 is 0 Å². The number of nitrogens with zero attached hydrogens (tertiary/aromatic N) is 2. The van der Waals surface area contributed by atoms with Crippen molar-refractivity contribution in [2.45, 2.75) is 20.3 Å². The maximum absolute atomic E-state index is 13.5. The summed E-state index contributed by atoms with van der Waals surface area (Å²) in [5, 5.41) is 10.9. The third-order valence-corrected chi connectivity index (χ3v) is 4.17. The first-order valence-electron chi connectivity index (χ1n) is 6.84. The van der Waals surface area contributed by atoms with Gasteiger partial charge in [0.25, 0.3) is 11.6 Å². The zero-order valence-corrected chi connectivity index (χ0v) is 12.0. The van der Waals surface area contributed by atoms with Crippen LogP contribution in [0.5, 0.6) is 0 Å². The Morgan fingerprint density at radius 1 is 1.43 bits per heavy atom. The normalized spacial score (nSPS) is 22.1. The number of hydrogen-bond acceptors (Lipinski definition) is 4. The van der Waals surface area contributed by atoms with Gasteiger partial charge in [0.15, 0.2) is 0 Å². The highest BCUT2D eigenvalue weighted by molar-refractivity contribution is 6.01. The lowest BCUT2D eigenvalue weighted by Crippen LogP contribution is -2.42. The second kappa shape index (κ2) is 5.67. The molecule has 2 unspecified atom stereocenters. The molecule has 0 aromatic heterocycles. The Bertz CT molecular complexity index is 591. The summed E-state index contributed by atoms with van der Waals surface area (Å²) < 4.78 is 13.5. The van der Waals surface area contributed by atoms with E-state index in [1.54, 1.807) is 4.90 Å². The summed E-state index contributed by atoms with van der Waals surface area (Å²) >= 11 is 0. The van der Waals surface area contributed by atoms with Crippen molar-refractivity contribution < 1.29 is 14.1 Å². The number of amides is 1. The van der Waals surface area contributed by atoms with Crippen molar-refractivity contribution in [2.24, 2.45) is 11.8 Å². The Balaban J connectivity index is 2.33. The molecule has 0 spiro atoms. The smallest absolute Gasteiger partial charge is 0.295 e. The molecule has 2 rings (SSSR count). The van der Waals surface area contributed by atoms with Crippen LogP contribution in [0, 0.1) is 27.8 Å². The molecule has 0 aliphatic carbocycles. The van der Waals surface area contributed by atoms with Gasteiger partial charge in [-0.1, -0.05) is 13.8 Å². The van der Waals surface area contributed by atoms with Crippen LogP contribution < -0.4 is 5.73 Å². The molecule has 0 bridgehead atoms. The van der Waals surface area contributed by atoms with Gasteiger partial charge in [-0.2, -0.15) is 0 Å². The largest absolute Gasteiger partial charge is 0.393 e. The van der Waals surface area contributed by atoms with Crippen molar-refractivity contribution in [1.29, 1.82) is 0 Å². The molecule has 7 heteroatoms. The maximum atomic E-state index is 13.5. The highest BCUT2D eigenvalue weighted by Crippen LogP contribution is 2.30. The van der Waals surface area contributed by atoms with E-state index in [2.05, 4.69) is 6.92 Å². The van der Waals surface area contributed by atoms with Crippen LogP contribution in [0.15, 0.2) is 12.1 Å². The Morgan fingerprint density at radius 2 is 2.10 bits per heavy atom. The van der Waals surface area contributed by atoms with E-state index in [0.29, 0.717) is 24.9 Å². The number of hydrogen-bond donors (Lipinski definition) is 1. The number of nitrogen functional groups attached to an aromatic ring is 1. The Hall–Kier alpha value is -2.18. The van der Waals surface area contributed by atoms with E-state index < -0.39 is 22.3 Å². The third kappa shape index (κ3) is 2.96. The number of rotatable bonds is 2. The Labute approximate surface area is 121 Å². The quantitative estimate of drug-likeness (QED) is 0.515. The summed E-state index contributed by atoms with van der Waals surface area (Å²) in [7, 11) is 0. The van der Waals surface area contributed by atoms with Gasteiger partial charge in [0.1, 0.15) is 11.5 Å². The number of anilines is 1. The fourth-order valence-corrected chi connectivity index (χ4v) is 2.55. The van der Waals surface area contributed by atoms with Crippen LogP contribution in [0.1, 0.15) is 30.6 Å². The van der Waals surface area contributed by atoms with Gasteiger partial charge in [0, 0.05) is 13.1 Å². The van der Waals surface area contributed by atoms with Gasteiger partial charge < -0.3 is 10.6 Å². The maximum Gasteiger partial charge on any atom is 0.295 e. The minimum Gasteiger partial charge on any atom is -0.393 e. The predicted molar refractivity (Wildman–Crippen MR) is 76.3 cm³/mol. The summed E-state index contributed by atoms with van der Waals surface area (Å²) in [6.07, 6.45) is 0.851. The van der Waals surface area contributed by atoms with Crippen LogP contribution in [0.3, 0.4) is 0 Å². The number of nitro groups is 1. The van der Waals surface area contributed by atoms with Crippen LogP contribution in [0.25, 0.3) is 0 Å². The molecule has 1 aromatic rings. The number of nitro benzene ring substituents is 1. The molecule has 2 atom stereocenters. The number of nitrogens with two attached hydrogens (primary N) is 1. The molecular weight excluding hydrogens is 277 g/mol. The minimum absolute atomic E-state index is 0.136. The first-order valence-corrected chi connectivity index (χ1v) is 6.84. The second-order valence-corrected chi connectivity index (χ2v) is 5.64. The lowest BCUT2D eigenvalue weighted by Gasteiger charge is -2.35. The molecule has 1 heterocycles. The average molecular weight is 295 g/mol. The van der Waals surface area contributed by atoms with Gasteiger partial charge in [0.2, 0.25) is 0 Å². The van der Waals surface area contributed by atoms with E-state index in [4.69, 9.17) is 5.73 Å². The van der Waals surface area contributed by atoms with Gasteiger partial charge in [-0.25, -0.2) is 4.39 Å². The van der Waals surface area contributed by atoms with Gasteiger partial charge in [-0.3, -0.25) is 14.9 Å². The summed E-state index contributed by atoms with van der Waals surface area (Å²) in [5.74, 6) is -0.452. The number of carbonyl (C=O) groups excluding carboxylic acids is 1. The summed E-state index contributed by atoms with van der Waals surface area (Å²) in [6.45, 7) is 5.26. The molecule has 1 fully saturated rings. The standard InChI is InChI=1S/C14H18FN3O3/c1-8-3-4-17(7-9(8)2)14(19)11-5-10(15)6-12(13(11)16)18(20)21/h5-6,8-9H,3-4,7,16H2,1-2H3. The fraction of sp³-hybridized carbons (Fsp3) is 0.500. The summed E-state index contributed by atoms with van der Waals surface area (Å²) in [5.41, 5.74) is 4.68. The molecule has 0 radical (unpaired) electrons. The fourth-order valence-electron chi connectivity index (χ4n) is 2.55. The topological polar surface area (TPSA) is 89.5 Å². The molecule has 0 saturated carbocycles. The number of carbonyl (C=O) groups is 1. The molecule has 1 saturated heterocycles. The van der Waals surface area contributed by atoms with Crippen molar-refractivity contribution in [3.8, 4) is 0 Å². The van der Waals surface area contributed by atoms with Crippen LogP contribution in [-0.2, 0) is 0 Å². The molecule has 2 N–H and O–H groups in total. The predicted octanol–water partition coefficient (Wildman–Crippen LogP) is 2.43. The minimum atomic E-state index is -0.835. The highest BCUT2D eigenvalue weighted by atomic mass is 19.1. The molecule has 1 aromatic carbocycles. The third-order valence-electron chi connectivity index (χ3n) is 4.17. The Morgan fingerprint density at radius 3 is 2.67 bits per heavy atom. The van der Waals surface area contributed by atoms with Gasteiger partial charge in [-0.15, -0.1) is 0 Å². The van der Waals surface area contributed by atoms with Gasteiger partial charge in [-0.05, 0) is 24.3 Å². The molecule has 1 aliphatic heterocycles. The summed E-state index contributed by atoms with van der Waals surface area (Å²) in [6, 6.07) is 1.69. The monoisotopic (exact) mass is 295 g/mol. The van der Waals surface area contributed by atoms with Crippen molar-refractivity contribution >= 4 is 17.3 Å². The molecule has 1 aliphatic rings. The van der Waals surface area contributed by atoms with E-state index in [0.717, 1.165) is 18.6 Å². The zero-order chi connectivity index (χ0) is 15.7. The first kappa shape index (κ1) is 15.2. The van der Waals surface area contributed by atoms with Crippen molar-refractivity contribution in [1.82, 2.24) is 4.90 Å². The second-order valence-electron chi connectivity index (χ2n) is 5.64. The van der Waals surface area contributed by atoms with Crippen molar-refractivity contribution in [3.63, 3.8) is 0 Å². The number of benzene rings is 1. The number of likely N-dealkylation sites (tertiary alicyclic amines) is 1. The summed E-state index contributed by atoms with van der Waals surface area (Å²) in [4.78, 5) is 24.1. The lowest BCUT2D eigenvalue weighted by atomic mass is 9.88. The molecule has 114 valence electrons. The van der Waals surface area contributed by atoms with Crippen LogP contribution >= 0.6 is 0 Å². The van der Waals surface area contributed by atoms with Crippen molar-refractivity contribution in [3.05, 3.63) is 33.6 Å². The molecule has 1 amide bonds. The number of piperidine rings is 1. The molecule has 6 nitrogen and oxygen atoms in total. The van der Waals surface area contributed by atoms with E-state index in [-0.39, 0.29) is 11.3 Å². The zero-order valence-electron chi connectivity index (χ0n) is 12.0. The van der Waals surface area contributed by atoms with E-state index in [1.165, 1.54) is 0 Å². The van der Waals surface area contributed by atoms with Crippen LogP contribution in [0.4, 0.5) is 15.8 Å². The molecular formula is C14H18FN3O3. The highest BCUT2D eigenvalue weighted by Gasteiger charge is 2.29. The van der Waals surface area contributed by atoms with E-state index in [9.17, 15) is 19.3 Å². The SMILES string of the molecule is CC1CCN(C(=O)c2cc(F)cc([N+](=O)[O-])c2N)CC1C. The lowest BCUT2D eigenvalue weighted by molar-refractivity contribution is -0.384. The Kier molecular flexibility index (Phi) is 4.11. The van der Waals surface area contributed by atoms with Gasteiger partial charge in [0.05, 0.1) is 16.6 Å². The van der Waals surface area contributed by atoms with Gasteiger partial charge >= 0.3 is 0 Å². The average Bonchev–Trinajstić information content (AvgIpc) is 2.43. The number of halogens is 1. The van der Waals surface area contributed by atoms with Crippen LogP contribution in [-0.4, -0.2) is 28.8 Å². The van der Waals surface area contributed by atoms with E-state index in [1.807, 2.05) is 6.92 Å².